The van der Waals surface area contributed by atoms with Gasteiger partial charge in [-0.3, -0.25) is 14.5 Å². The van der Waals surface area contributed by atoms with Crippen LogP contribution in [0.5, 0.6) is 0 Å². The average Bonchev–Trinajstić information content (AvgIpc) is 3.42. The highest BCUT2D eigenvalue weighted by Gasteiger charge is 2.39. The summed E-state index contributed by atoms with van der Waals surface area (Å²) in [6.45, 7) is 3.05. The van der Waals surface area contributed by atoms with E-state index >= 15 is 0 Å². The van der Waals surface area contributed by atoms with E-state index in [0.29, 0.717) is 34.5 Å². The number of rotatable bonds is 8. The van der Waals surface area contributed by atoms with Gasteiger partial charge in [-0.15, -0.1) is 0 Å². The van der Waals surface area contributed by atoms with Gasteiger partial charge in [0.1, 0.15) is 11.5 Å². The van der Waals surface area contributed by atoms with Crippen molar-refractivity contribution in [3.63, 3.8) is 0 Å². The summed E-state index contributed by atoms with van der Waals surface area (Å²) in [5, 5.41) is 7.64. The van der Waals surface area contributed by atoms with Crippen molar-refractivity contribution in [3.8, 4) is 0 Å². The fraction of sp³-hybridized carbons (Fsp3) is 0.207. The van der Waals surface area contributed by atoms with Crippen molar-refractivity contribution in [1.82, 2.24) is 4.90 Å². The first kappa shape index (κ1) is 26.9. The third kappa shape index (κ3) is 5.83. The Bertz CT molecular complexity index is 1460. The van der Waals surface area contributed by atoms with Gasteiger partial charge in [0.2, 0.25) is 5.91 Å². The number of nitrogens with zero attached hydrogens (tertiary/aromatic N) is 3. The quantitative estimate of drug-likeness (QED) is 0.334. The molecule has 2 amide bonds. The van der Waals surface area contributed by atoms with Gasteiger partial charge in [0.05, 0.1) is 28.6 Å². The van der Waals surface area contributed by atoms with Crippen molar-refractivity contribution in [2.45, 2.75) is 18.4 Å². The Balaban J connectivity index is 1.56. The maximum atomic E-state index is 13.9. The molecule has 2 aliphatic rings. The summed E-state index contributed by atoms with van der Waals surface area (Å²) in [5.41, 5.74) is 4.12. The Morgan fingerprint density at radius 1 is 1.03 bits per heavy atom. The minimum Gasteiger partial charge on any atom is -0.384 e. The van der Waals surface area contributed by atoms with Crippen molar-refractivity contribution < 1.29 is 14.3 Å². The molecule has 0 unspecified atom stereocenters. The van der Waals surface area contributed by atoms with Gasteiger partial charge in [-0.1, -0.05) is 54.2 Å². The van der Waals surface area contributed by atoms with Crippen LogP contribution in [0.15, 0.2) is 92.6 Å². The van der Waals surface area contributed by atoms with E-state index in [1.165, 1.54) is 18.9 Å². The second kappa shape index (κ2) is 12.0. The molecule has 0 aromatic heterocycles. The lowest BCUT2D eigenvalue weighted by Gasteiger charge is -2.17. The summed E-state index contributed by atoms with van der Waals surface area (Å²) in [5.74, 6) is -0.337. The first-order valence-corrected chi connectivity index (χ1v) is 14.2. The summed E-state index contributed by atoms with van der Waals surface area (Å²) in [6.07, 6.45) is 0. The number of amidine groups is 1. The first-order chi connectivity index (χ1) is 19.0. The number of ether oxygens (including phenoxy) is 1. The molecular formula is C29H29N5O3S2. The molecule has 200 valence electrons. The highest BCUT2D eigenvalue weighted by atomic mass is 32.2. The molecule has 5 rings (SSSR count). The molecule has 10 heteroatoms. The van der Waals surface area contributed by atoms with E-state index in [1.807, 2.05) is 74.6 Å². The third-order valence-corrected chi connectivity index (χ3v) is 8.55. The topological polar surface area (TPSA) is 86.3 Å². The second-order valence-electron chi connectivity index (χ2n) is 8.88. The molecule has 3 aromatic rings. The number of amides is 2. The Morgan fingerprint density at radius 2 is 1.79 bits per heavy atom. The van der Waals surface area contributed by atoms with Crippen molar-refractivity contribution in [1.29, 1.82) is 0 Å². The average molecular weight is 560 g/mol. The molecular weight excluding hydrogens is 530 g/mol. The normalized spacial score (nSPS) is 17.6. The molecule has 3 aromatic carbocycles. The van der Waals surface area contributed by atoms with Gasteiger partial charge in [-0.2, -0.15) is 0 Å². The van der Waals surface area contributed by atoms with Gasteiger partial charge in [0.15, 0.2) is 5.17 Å². The molecule has 2 heterocycles. The number of methoxy groups -OCH3 is 1. The van der Waals surface area contributed by atoms with E-state index < -0.39 is 0 Å². The number of thioether (sulfide) groups is 2. The van der Waals surface area contributed by atoms with Crippen molar-refractivity contribution in [3.05, 3.63) is 88.3 Å². The van der Waals surface area contributed by atoms with Crippen LogP contribution in [0.25, 0.3) is 0 Å². The van der Waals surface area contributed by atoms with Gasteiger partial charge in [-0.25, -0.2) is 4.99 Å². The lowest BCUT2D eigenvalue weighted by Crippen LogP contribution is -2.29. The van der Waals surface area contributed by atoms with Crippen LogP contribution in [-0.4, -0.2) is 49.2 Å². The Kier molecular flexibility index (Phi) is 8.25. The number of benzene rings is 3. The fourth-order valence-electron chi connectivity index (χ4n) is 4.30. The molecule has 39 heavy (non-hydrogen) atoms. The highest BCUT2D eigenvalue weighted by Crippen LogP contribution is 2.50. The van der Waals surface area contributed by atoms with Crippen molar-refractivity contribution >= 4 is 63.3 Å². The number of carbonyl (C=O) groups excluding carboxylic acids is 2. The van der Waals surface area contributed by atoms with Crippen molar-refractivity contribution in [2.75, 3.05) is 42.8 Å². The van der Waals surface area contributed by atoms with Gasteiger partial charge in [0, 0.05) is 31.3 Å². The largest absolute Gasteiger partial charge is 0.384 e. The lowest BCUT2D eigenvalue weighted by molar-refractivity contribution is -0.122. The number of nitrogens with one attached hydrogen (secondary N) is 2. The van der Waals surface area contributed by atoms with Crippen LogP contribution < -0.4 is 15.5 Å². The molecule has 8 nitrogen and oxygen atoms in total. The predicted molar refractivity (Wildman–Crippen MR) is 161 cm³/mol. The summed E-state index contributed by atoms with van der Waals surface area (Å²) < 4.78 is 4.94. The van der Waals surface area contributed by atoms with Crippen LogP contribution in [0.4, 0.5) is 22.7 Å². The van der Waals surface area contributed by atoms with E-state index in [-0.39, 0.29) is 18.4 Å². The van der Waals surface area contributed by atoms with Gasteiger partial charge >= 0.3 is 0 Å². The zero-order valence-electron chi connectivity index (χ0n) is 21.9. The predicted octanol–water partition coefficient (Wildman–Crippen LogP) is 5.88. The van der Waals surface area contributed by atoms with E-state index in [1.54, 1.807) is 16.7 Å². The molecule has 2 N–H and O–H groups in total. The summed E-state index contributed by atoms with van der Waals surface area (Å²) in [6, 6.07) is 23.5. The number of fused-ring (bicyclic) bond motifs is 1. The Morgan fingerprint density at radius 3 is 2.54 bits per heavy atom. The number of hydrogen-bond acceptors (Lipinski definition) is 8. The molecule has 0 saturated carbocycles. The minimum absolute atomic E-state index is 0.0431. The van der Waals surface area contributed by atoms with E-state index in [9.17, 15) is 9.59 Å². The zero-order valence-corrected chi connectivity index (χ0v) is 23.6. The van der Waals surface area contributed by atoms with Gasteiger partial charge < -0.3 is 20.3 Å². The van der Waals surface area contributed by atoms with E-state index in [0.717, 1.165) is 26.9 Å². The van der Waals surface area contributed by atoms with Crippen LogP contribution in [-0.2, 0) is 20.9 Å². The SMILES string of the molecule is CCNc1ccc(NC(=O)COC)cc1/N=C1\S/C(=C2\Sc3ccccc3N2C)C(=O)N1Cc1ccccc1. The molecule has 1 fully saturated rings. The summed E-state index contributed by atoms with van der Waals surface area (Å²) in [4.78, 5) is 36.6. The third-order valence-electron chi connectivity index (χ3n) is 6.12. The summed E-state index contributed by atoms with van der Waals surface area (Å²) >= 11 is 2.97. The molecule has 0 spiro atoms. The maximum absolute atomic E-state index is 13.9. The standard InChI is InChI=1S/C29H29N5O3S2/c1-4-30-21-15-14-20(31-25(35)18-37-3)16-22(21)32-29-34(17-19-10-6-5-7-11-19)27(36)26(39-29)28-33(2)23-12-8-9-13-24(23)38-28/h5-16,30H,4,17-18H2,1-3H3,(H,31,35)/b28-26-,32-29-. The molecule has 0 radical (unpaired) electrons. The zero-order chi connectivity index (χ0) is 27.4. The van der Waals surface area contributed by atoms with Gasteiger partial charge in [0.25, 0.3) is 5.91 Å². The number of anilines is 3. The summed E-state index contributed by atoms with van der Waals surface area (Å²) in [7, 11) is 3.46. The Labute approximate surface area is 236 Å². The number of hydrogen-bond donors (Lipinski definition) is 2. The van der Waals surface area contributed by atoms with Crippen LogP contribution >= 0.6 is 23.5 Å². The molecule has 2 aliphatic heterocycles. The van der Waals surface area contributed by atoms with Crippen molar-refractivity contribution in [2.24, 2.45) is 4.99 Å². The Hall–Kier alpha value is -3.73. The van der Waals surface area contributed by atoms with Crippen LogP contribution in [0.3, 0.4) is 0 Å². The lowest BCUT2D eigenvalue weighted by atomic mass is 10.2. The van der Waals surface area contributed by atoms with Crippen LogP contribution in [0, 0.1) is 0 Å². The molecule has 0 atom stereocenters. The maximum Gasteiger partial charge on any atom is 0.269 e. The smallest absolute Gasteiger partial charge is 0.269 e. The highest BCUT2D eigenvalue weighted by molar-refractivity contribution is 8.19. The van der Waals surface area contributed by atoms with E-state index in [4.69, 9.17) is 9.73 Å². The minimum atomic E-state index is -0.253. The molecule has 0 aliphatic carbocycles. The number of carbonyl (C=O) groups is 2. The molecule has 1 saturated heterocycles. The fourth-order valence-corrected chi connectivity index (χ4v) is 6.63. The number of aliphatic imine (C=N–C) groups is 1. The first-order valence-electron chi connectivity index (χ1n) is 12.5. The van der Waals surface area contributed by atoms with Crippen LogP contribution in [0.2, 0.25) is 0 Å². The number of para-hydroxylation sites is 1. The monoisotopic (exact) mass is 559 g/mol. The van der Waals surface area contributed by atoms with E-state index in [2.05, 4.69) is 27.7 Å². The molecule has 0 bridgehead atoms. The van der Waals surface area contributed by atoms with Gasteiger partial charge in [-0.05, 0) is 54.6 Å². The van der Waals surface area contributed by atoms with Crippen LogP contribution in [0.1, 0.15) is 12.5 Å². The second-order valence-corrected chi connectivity index (χ2v) is 10.9.